The molecule has 0 saturated carbocycles. The zero-order valence-electron chi connectivity index (χ0n) is 9.13. The molecule has 0 spiro atoms. The van der Waals surface area contributed by atoms with Crippen LogP contribution in [0.5, 0.6) is 0 Å². The predicted molar refractivity (Wildman–Crippen MR) is 62.4 cm³/mol. The molecule has 92 valence electrons. The minimum atomic E-state index is -0.442. The monoisotopic (exact) mass is 247 g/mol. The molecule has 0 fully saturated rings. The number of nitrogens with two attached hydrogens (primary N) is 1. The van der Waals surface area contributed by atoms with Gasteiger partial charge in [0.25, 0.3) is 0 Å². The molecule has 1 rings (SSSR count). The summed E-state index contributed by atoms with van der Waals surface area (Å²) in [5.41, 5.74) is 5.18. The Balaban J connectivity index is 2.36. The lowest BCUT2D eigenvalue weighted by Crippen LogP contribution is -2.50. The van der Waals surface area contributed by atoms with Crippen molar-refractivity contribution < 1.29 is 14.6 Å². The number of rotatable bonds is 6. The van der Waals surface area contributed by atoms with Gasteiger partial charge in [0.2, 0.25) is 0 Å². The zero-order chi connectivity index (χ0) is 12.0. The highest BCUT2D eigenvalue weighted by atomic mass is 32.2. The highest BCUT2D eigenvalue weighted by Gasteiger charge is 2.18. The molecule has 1 aliphatic rings. The van der Waals surface area contributed by atoms with Crippen LogP contribution in [-0.4, -0.2) is 46.7 Å². The molecule has 0 bridgehead atoms. The lowest BCUT2D eigenvalue weighted by molar-refractivity contribution is 0.0240. The summed E-state index contributed by atoms with van der Waals surface area (Å²) >= 11 is 1.49. The Morgan fingerprint density at radius 2 is 2.56 bits per heavy atom. The average molecular weight is 247 g/mol. The van der Waals surface area contributed by atoms with Crippen molar-refractivity contribution in [1.82, 2.24) is 10.2 Å². The first-order valence-electron chi connectivity index (χ1n) is 5.02. The Morgan fingerprint density at radius 1 is 1.81 bits per heavy atom. The number of urea groups is 1. The first-order valence-corrected chi connectivity index (χ1v) is 6.07. The van der Waals surface area contributed by atoms with Gasteiger partial charge in [0.05, 0.1) is 12.8 Å². The Morgan fingerprint density at radius 3 is 3.12 bits per heavy atom. The molecule has 0 aromatic heterocycles. The molecule has 0 aliphatic carbocycles. The normalized spacial score (nSPS) is 22.1. The zero-order valence-corrected chi connectivity index (χ0v) is 9.94. The van der Waals surface area contributed by atoms with E-state index in [1.165, 1.54) is 16.7 Å². The van der Waals surface area contributed by atoms with Gasteiger partial charge in [0.15, 0.2) is 0 Å². The third kappa shape index (κ3) is 4.01. The maximum atomic E-state index is 11.4. The molecule has 1 unspecified atom stereocenters. The quantitative estimate of drug-likeness (QED) is 0.568. The van der Waals surface area contributed by atoms with E-state index in [0.29, 0.717) is 0 Å². The fourth-order valence-corrected chi connectivity index (χ4v) is 1.78. The molecule has 4 N–H and O–H groups in total. The van der Waals surface area contributed by atoms with E-state index >= 15 is 0 Å². The smallest absolute Gasteiger partial charge is 0.324 e. The number of hydrogen-bond donors (Lipinski definition) is 3. The van der Waals surface area contributed by atoms with Gasteiger partial charge in [-0.2, -0.15) is 0 Å². The van der Waals surface area contributed by atoms with Crippen LogP contribution in [0.4, 0.5) is 4.79 Å². The van der Waals surface area contributed by atoms with Crippen molar-refractivity contribution in [2.24, 2.45) is 5.73 Å². The predicted octanol–water partition coefficient (Wildman–Crippen LogP) is -0.144. The van der Waals surface area contributed by atoms with Crippen LogP contribution in [0.25, 0.3) is 0 Å². The fraction of sp³-hybridized carbons (Fsp3) is 0.667. The van der Waals surface area contributed by atoms with E-state index in [1.807, 2.05) is 6.92 Å². The Labute approximate surface area is 98.8 Å². The van der Waals surface area contributed by atoms with Gasteiger partial charge in [-0.05, 0) is 11.8 Å². The second-order valence-corrected chi connectivity index (χ2v) is 4.59. The number of nitrogens with one attached hydrogen (secondary N) is 1. The molecule has 0 aromatic carbocycles. The van der Waals surface area contributed by atoms with Crippen LogP contribution in [0.1, 0.15) is 6.92 Å². The summed E-state index contributed by atoms with van der Waals surface area (Å²) in [6.07, 6.45) is 2.79. The molecule has 0 saturated heterocycles. The van der Waals surface area contributed by atoms with Gasteiger partial charge in [-0.15, -0.1) is 11.8 Å². The standard InChI is InChI=1S/C9H17N3O3S/c1-2-16-8(5-13)15-6-12-4-3-7(10)11-9(12)14/h3-4,7-8,13H,2,5-6,10H2,1H3,(H,11,14)/t7-,8?/m0/s1. The Bertz CT molecular complexity index is 262. The van der Waals surface area contributed by atoms with Gasteiger partial charge < -0.3 is 20.9 Å². The number of hydrogen-bond acceptors (Lipinski definition) is 5. The molecule has 2 amide bonds. The lowest BCUT2D eigenvalue weighted by Gasteiger charge is -2.26. The summed E-state index contributed by atoms with van der Waals surface area (Å²) in [5, 5.41) is 11.5. The Kier molecular flexibility index (Phi) is 5.61. The van der Waals surface area contributed by atoms with Crippen LogP contribution in [0.15, 0.2) is 12.3 Å². The maximum absolute atomic E-state index is 11.4. The van der Waals surface area contributed by atoms with Crippen LogP contribution >= 0.6 is 11.8 Å². The maximum Gasteiger partial charge on any atom is 0.324 e. The highest BCUT2D eigenvalue weighted by Crippen LogP contribution is 2.12. The Hall–Kier alpha value is -0.760. The van der Waals surface area contributed by atoms with Crippen molar-refractivity contribution in [2.45, 2.75) is 18.5 Å². The van der Waals surface area contributed by atoms with E-state index in [1.54, 1.807) is 12.3 Å². The molecule has 0 radical (unpaired) electrons. The second kappa shape index (κ2) is 6.74. The number of nitrogens with zero attached hydrogens (tertiary/aromatic N) is 1. The van der Waals surface area contributed by atoms with E-state index in [-0.39, 0.29) is 24.8 Å². The molecule has 0 aromatic rings. The first-order chi connectivity index (χ1) is 7.67. The van der Waals surface area contributed by atoms with Gasteiger partial charge in [0, 0.05) is 6.20 Å². The van der Waals surface area contributed by atoms with Crippen molar-refractivity contribution in [2.75, 3.05) is 19.1 Å². The summed E-state index contributed by atoms with van der Waals surface area (Å²) in [4.78, 5) is 12.8. The van der Waals surface area contributed by atoms with E-state index in [9.17, 15) is 4.79 Å². The molecule has 7 heteroatoms. The number of ether oxygens (including phenoxy) is 1. The summed E-state index contributed by atoms with van der Waals surface area (Å²) in [5.74, 6) is 0.845. The molecule has 2 atom stereocenters. The van der Waals surface area contributed by atoms with Gasteiger partial charge in [-0.25, -0.2) is 4.79 Å². The molecule has 1 heterocycles. The van der Waals surface area contributed by atoms with Gasteiger partial charge >= 0.3 is 6.03 Å². The van der Waals surface area contributed by atoms with Crippen LogP contribution in [0, 0.1) is 0 Å². The van der Waals surface area contributed by atoms with E-state index in [0.717, 1.165) is 5.75 Å². The van der Waals surface area contributed by atoms with Crippen LogP contribution in [0.2, 0.25) is 0 Å². The summed E-state index contributed by atoms with van der Waals surface area (Å²) in [6, 6.07) is -0.298. The van der Waals surface area contributed by atoms with Crippen LogP contribution in [0.3, 0.4) is 0 Å². The molecule has 16 heavy (non-hydrogen) atoms. The first kappa shape index (κ1) is 13.3. The minimum absolute atomic E-state index is 0.0722. The number of carbonyl (C=O) groups excluding carboxylic acids is 1. The lowest BCUT2D eigenvalue weighted by atomic mass is 10.4. The van der Waals surface area contributed by atoms with E-state index in [4.69, 9.17) is 15.6 Å². The molecule has 1 aliphatic heterocycles. The van der Waals surface area contributed by atoms with Crippen molar-refractivity contribution in [1.29, 1.82) is 0 Å². The number of thioether (sulfide) groups is 1. The van der Waals surface area contributed by atoms with Gasteiger partial charge in [-0.3, -0.25) is 4.90 Å². The summed E-state index contributed by atoms with van der Waals surface area (Å²) in [6.45, 7) is 2.01. The number of amides is 2. The highest BCUT2D eigenvalue weighted by molar-refractivity contribution is 7.99. The van der Waals surface area contributed by atoms with Crippen LogP contribution in [-0.2, 0) is 4.74 Å². The number of carbonyl (C=O) groups is 1. The third-order valence-electron chi connectivity index (χ3n) is 1.93. The minimum Gasteiger partial charge on any atom is -0.393 e. The van der Waals surface area contributed by atoms with Crippen molar-refractivity contribution in [3.63, 3.8) is 0 Å². The summed E-state index contributed by atoms with van der Waals surface area (Å²) in [7, 11) is 0. The second-order valence-electron chi connectivity index (χ2n) is 3.15. The van der Waals surface area contributed by atoms with E-state index < -0.39 is 6.17 Å². The molecular weight excluding hydrogens is 230 g/mol. The molecular formula is C9H17N3O3S. The van der Waals surface area contributed by atoms with Gasteiger partial charge in [0.1, 0.15) is 12.2 Å². The largest absolute Gasteiger partial charge is 0.393 e. The topological polar surface area (TPSA) is 87.8 Å². The number of aliphatic hydroxyl groups is 1. The number of aliphatic hydroxyl groups excluding tert-OH is 1. The van der Waals surface area contributed by atoms with Crippen molar-refractivity contribution in [3.05, 3.63) is 12.3 Å². The average Bonchev–Trinajstić information content (AvgIpc) is 2.26. The van der Waals surface area contributed by atoms with Gasteiger partial charge in [-0.1, -0.05) is 6.92 Å². The molecule has 6 nitrogen and oxygen atoms in total. The SMILES string of the molecule is CCSC(CO)OCN1C=C[C@@H](N)NC1=O. The third-order valence-corrected chi connectivity index (χ3v) is 2.92. The fourth-order valence-electron chi connectivity index (χ4n) is 1.14. The van der Waals surface area contributed by atoms with E-state index in [2.05, 4.69) is 5.32 Å². The van der Waals surface area contributed by atoms with Crippen LogP contribution < -0.4 is 11.1 Å². The summed E-state index contributed by atoms with van der Waals surface area (Å²) < 4.78 is 5.36. The van der Waals surface area contributed by atoms with Crippen molar-refractivity contribution >= 4 is 17.8 Å². The van der Waals surface area contributed by atoms with Crippen molar-refractivity contribution in [3.8, 4) is 0 Å².